The van der Waals surface area contributed by atoms with Gasteiger partial charge >= 0.3 is 12.1 Å². The lowest BCUT2D eigenvalue weighted by Crippen LogP contribution is -2.13. The van der Waals surface area contributed by atoms with Gasteiger partial charge < -0.3 is 5.11 Å². The van der Waals surface area contributed by atoms with E-state index >= 15 is 0 Å². The number of carbonyl (C=O) groups is 1. The molecule has 156 valence electrons. The predicted octanol–water partition coefficient (Wildman–Crippen LogP) is 6.03. The van der Waals surface area contributed by atoms with Gasteiger partial charge in [-0.25, -0.2) is 4.79 Å². The lowest BCUT2D eigenvalue weighted by atomic mass is 9.99. The first kappa shape index (κ1) is 22.5. The second-order valence-electron chi connectivity index (χ2n) is 6.91. The van der Waals surface area contributed by atoms with Gasteiger partial charge in [0.05, 0.1) is 11.1 Å². The highest BCUT2D eigenvalue weighted by Crippen LogP contribution is 2.30. The summed E-state index contributed by atoms with van der Waals surface area (Å²) in [6.07, 6.45) is -4.06. The predicted molar refractivity (Wildman–Crippen MR) is 107 cm³/mol. The van der Waals surface area contributed by atoms with Crippen molar-refractivity contribution in [2.24, 2.45) is 5.92 Å². The first-order valence-electron chi connectivity index (χ1n) is 9.54. The molecule has 0 aliphatic carbocycles. The minimum Gasteiger partial charge on any atom is -0.477 e. The molecule has 0 saturated heterocycles. The van der Waals surface area contributed by atoms with Crippen molar-refractivity contribution in [1.82, 2.24) is 9.78 Å². The summed E-state index contributed by atoms with van der Waals surface area (Å²) in [6.45, 7) is 8.41. The highest BCUT2D eigenvalue weighted by atomic mass is 19.4. The molecule has 29 heavy (non-hydrogen) atoms. The molecule has 3 aromatic rings. The standard InChI is InChI=1S/C20H19F3N2O2.C2H6/c1-12(2)11-25-18(19(26)27)17-14(4-3-5-16(17)24-25)10-13-6-8-15(9-7-13)20(21,22)23;1-2/h3-9,12H,10-11H2,1-2H3,(H,26,27);1-2H3. The maximum Gasteiger partial charge on any atom is 0.416 e. The molecule has 1 aromatic heterocycles. The van der Waals surface area contributed by atoms with Crippen molar-refractivity contribution >= 4 is 16.9 Å². The van der Waals surface area contributed by atoms with Gasteiger partial charge in [-0.2, -0.15) is 18.3 Å². The molecule has 0 spiro atoms. The van der Waals surface area contributed by atoms with Crippen LogP contribution in [-0.2, 0) is 19.1 Å². The molecule has 0 aliphatic heterocycles. The highest BCUT2D eigenvalue weighted by molar-refractivity contribution is 6.03. The molecule has 1 heterocycles. The second-order valence-corrected chi connectivity index (χ2v) is 6.91. The Morgan fingerprint density at radius 1 is 1.10 bits per heavy atom. The summed E-state index contributed by atoms with van der Waals surface area (Å²) in [5, 5.41) is 14.6. The molecule has 0 unspecified atom stereocenters. The van der Waals surface area contributed by atoms with Crippen molar-refractivity contribution in [3.63, 3.8) is 0 Å². The smallest absolute Gasteiger partial charge is 0.416 e. The lowest BCUT2D eigenvalue weighted by Gasteiger charge is -2.09. The Morgan fingerprint density at radius 2 is 1.72 bits per heavy atom. The molecule has 2 aromatic carbocycles. The van der Waals surface area contributed by atoms with Crippen molar-refractivity contribution in [3.05, 3.63) is 64.8 Å². The first-order chi connectivity index (χ1) is 13.7. The van der Waals surface area contributed by atoms with E-state index in [9.17, 15) is 23.1 Å². The fraction of sp³-hybridized carbons (Fsp3) is 0.364. The van der Waals surface area contributed by atoms with Crippen LogP contribution in [0.2, 0.25) is 0 Å². The minimum atomic E-state index is -4.38. The third-order valence-corrected chi connectivity index (χ3v) is 4.27. The van der Waals surface area contributed by atoms with Gasteiger partial charge in [-0.3, -0.25) is 4.68 Å². The molecule has 0 fully saturated rings. The maximum atomic E-state index is 12.7. The van der Waals surface area contributed by atoms with Crippen molar-refractivity contribution in [3.8, 4) is 0 Å². The minimum absolute atomic E-state index is 0.112. The third-order valence-electron chi connectivity index (χ3n) is 4.27. The molecule has 0 radical (unpaired) electrons. The zero-order valence-electron chi connectivity index (χ0n) is 16.9. The summed E-state index contributed by atoms with van der Waals surface area (Å²) in [7, 11) is 0. The van der Waals surface area contributed by atoms with Crippen LogP contribution in [0.25, 0.3) is 10.9 Å². The van der Waals surface area contributed by atoms with Crippen LogP contribution in [0.5, 0.6) is 0 Å². The summed E-state index contributed by atoms with van der Waals surface area (Å²) < 4.78 is 39.7. The van der Waals surface area contributed by atoms with Gasteiger partial charge in [-0.15, -0.1) is 0 Å². The van der Waals surface area contributed by atoms with E-state index in [-0.39, 0.29) is 11.6 Å². The fourth-order valence-corrected chi connectivity index (χ4v) is 3.13. The number of halogens is 3. The van der Waals surface area contributed by atoms with Crippen LogP contribution in [0, 0.1) is 5.92 Å². The van der Waals surface area contributed by atoms with Crippen molar-refractivity contribution in [2.45, 2.75) is 46.8 Å². The molecule has 7 heteroatoms. The number of aromatic nitrogens is 2. The quantitative estimate of drug-likeness (QED) is 0.563. The Balaban J connectivity index is 0.00000145. The summed E-state index contributed by atoms with van der Waals surface area (Å²) in [5.74, 6) is -0.853. The number of nitrogens with zero attached hydrogens (tertiary/aromatic N) is 2. The second kappa shape index (κ2) is 9.11. The molecular weight excluding hydrogens is 381 g/mol. The Kier molecular flexibility index (Phi) is 7.06. The average Bonchev–Trinajstić information content (AvgIpc) is 3.01. The molecule has 0 aliphatic rings. The molecule has 0 saturated carbocycles. The summed E-state index contributed by atoms with van der Waals surface area (Å²) in [4.78, 5) is 11.9. The SMILES string of the molecule is CC.CC(C)Cn1nc2cccc(Cc3ccc(C(F)(F)F)cc3)c2c1C(=O)O. The zero-order chi connectivity index (χ0) is 21.8. The number of hydrogen-bond donors (Lipinski definition) is 1. The Hall–Kier alpha value is -2.83. The number of fused-ring (bicyclic) bond motifs is 1. The van der Waals surface area contributed by atoms with Crippen LogP contribution >= 0.6 is 0 Å². The number of rotatable bonds is 5. The maximum absolute atomic E-state index is 12.7. The Labute approximate surface area is 168 Å². The number of carboxylic acids is 1. The largest absolute Gasteiger partial charge is 0.477 e. The number of aromatic carboxylic acids is 1. The van der Waals surface area contributed by atoms with E-state index in [2.05, 4.69) is 5.10 Å². The van der Waals surface area contributed by atoms with Gasteiger partial charge in [0, 0.05) is 11.9 Å². The van der Waals surface area contributed by atoms with Crippen LogP contribution in [0.15, 0.2) is 42.5 Å². The number of hydrogen-bond acceptors (Lipinski definition) is 2. The van der Waals surface area contributed by atoms with E-state index in [1.807, 2.05) is 27.7 Å². The van der Waals surface area contributed by atoms with E-state index in [1.165, 1.54) is 16.8 Å². The summed E-state index contributed by atoms with van der Waals surface area (Å²) in [5.41, 5.74) is 1.36. The zero-order valence-corrected chi connectivity index (χ0v) is 16.9. The molecule has 4 nitrogen and oxygen atoms in total. The third kappa shape index (κ3) is 5.16. The average molecular weight is 406 g/mol. The number of alkyl halides is 3. The highest BCUT2D eigenvalue weighted by Gasteiger charge is 2.30. The van der Waals surface area contributed by atoms with Gasteiger partial charge in [0.2, 0.25) is 0 Å². The van der Waals surface area contributed by atoms with Gasteiger partial charge in [-0.05, 0) is 41.7 Å². The summed E-state index contributed by atoms with van der Waals surface area (Å²) in [6, 6.07) is 10.2. The van der Waals surface area contributed by atoms with Crippen molar-refractivity contribution in [2.75, 3.05) is 0 Å². The lowest BCUT2D eigenvalue weighted by molar-refractivity contribution is -0.137. The van der Waals surface area contributed by atoms with E-state index < -0.39 is 17.7 Å². The van der Waals surface area contributed by atoms with E-state index in [0.29, 0.717) is 29.4 Å². The van der Waals surface area contributed by atoms with E-state index in [1.54, 1.807) is 18.2 Å². The van der Waals surface area contributed by atoms with Gasteiger partial charge in [-0.1, -0.05) is 52.0 Å². The Bertz CT molecular complexity index is 974. The molecule has 1 N–H and O–H groups in total. The van der Waals surface area contributed by atoms with Gasteiger partial charge in [0.15, 0.2) is 5.69 Å². The van der Waals surface area contributed by atoms with Crippen LogP contribution in [0.3, 0.4) is 0 Å². The van der Waals surface area contributed by atoms with Crippen molar-refractivity contribution in [1.29, 1.82) is 0 Å². The van der Waals surface area contributed by atoms with Crippen molar-refractivity contribution < 1.29 is 23.1 Å². The van der Waals surface area contributed by atoms with Crippen LogP contribution < -0.4 is 0 Å². The topological polar surface area (TPSA) is 55.1 Å². The van der Waals surface area contributed by atoms with Crippen LogP contribution in [0.4, 0.5) is 13.2 Å². The van der Waals surface area contributed by atoms with Crippen LogP contribution in [-0.4, -0.2) is 20.9 Å². The molecule has 0 amide bonds. The van der Waals surface area contributed by atoms with Gasteiger partial charge in [0.1, 0.15) is 0 Å². The normalized spacial score (nSPS) is 11.4. The summed E-state index contributed by atoms with van der Waals surface area (Å²) >= 11 is 0. The number of carboxylic acid groups (broad SMARTS) is 1. The van der Waals surface area contributed by atoms with E-state index in [0.717, 1.165) is 17.7 Å². The van der Waals surface area contributed by atoms with Gasteiger partial charge in [0.25, 0.3) is 0 Å². The fourth-order valence-electron chi connectivity index (χ4n) is 3.13. The monoisotopic (exact) mass is 406 g/mol. The molecule has 0 bridgehead atoms. The number of benzene rings is 2. The molecular formula is C22H25F3N2O2. The van der Waals surface area contributed by atoms with Crippen LogP contribution in [0.1, 0.15) is 54.9 Å². The molecule has 0 atom stereocenters. The van der Waals surface area contributed by atoms with E-state index in [4.69, 9.17) is 0 Å². The first-order valence-corrected chi connectivity index (χ1v) is 9.54. The molecule has 3 rings (SSSR count). The Morgan fingerprint density at radius 3 is 2.24 bits per heavy atom.